The second kappa shape index (κ2) is 5.05. The topological polar surface area (TPSA) is 63.4 Å². The largest absolute Gasteiger partial charge is 0.326 e. The molecule has 1 aliphatic heterocycles. The van der Waals surface area contributed by atoms with Crippen LogP contribution in [0.15, 0.2) is 40.9 Å². The highest BCUT2D eigenvalue weighted by molar-refractivity contribution is 9.10. The number of hydrogen-bond donors (Lipinski definition) is 1. The average Bonchev–Trinajstić information content (AvgIpc) is 2.71. The van der Waals surface area contributed by atoms with Crippen LogP contribution in [0.3, 0.4) is 0 Å². The first-order valence-corrected chi connectivity index (χ1v) is 6.99. The van der Waals surface area contributed by atoms with Crippen LogP contribution in [0.1, 0.15) is 26.3 Å². The Hall–Kier alpha value is -2.05. The molecule has 2 aromatic rings. The lowest BCUT2D eigenvalue weighted by atomic mass is 10.1. The zero-order chi connectivity index (χ0) is 15.1. The van der Waals surface area contributed by atoms with E-state index in [9.17, 15) is 14.0 Å². The minimum absolute atomic E-state index is 0.0606. The van der Waals surface area contributed by atoms with Crippen LogP contribution in [0.4, 0.5) is 10.1 Å². The van der Waals surface area contributed by atoms with Crippen LogP contribution in [0.5, 0.6) is 0 Å². The molecule has 0 radical (unpaired) electrons. The molecular weight excluding hydrogens is 339 g/mol. The summed E-state index contributed by atoms with van der Waals surface area (Å²) in [6.07, 6.45) is 0. The smallest absolute Gasteiger partial charge is 0.266 e. The predicted octanol–water partition coefficient (Wildman–Crippen LogP) is 2.85. The summed E-state index contributed by atoms with van der Waals surface area (Å²) in [5.41, 5.74) is 6.51. The number of benzene rings is 2. The quantitative estimate of drug-likeness (QED) is 0.848. The summed E-state index contributed by atoms with van der Waals surface area (Å²) >= 11 is 3.25. The van der Waals surface area contributed by atoms with Crippen LogP contribution >= 0.6 is 15.9 Å². The molecule has 3 rings (SSSR count). The SMILES string of the molecule is NCc1ccc(N2C(=O)c3ccc(Br)cc3C2=O)c(F)c1. The molecule has 106 valence electrons. The molecule has 21 heavy (non-hydrogen) atoms. The van der Waals surface area contributed by atoms with Gasteiger partial charge in [0.05, 0.1) is 16.8 Å². The Morgan fingerprint density at radius 3 is 2.43 bits per heavy atom. The van der Waals surface area contributed by atoms with Gasteiger partial charge in [-0.3, -0.25) is 9.59 Å². The minimum atomic E-state index is -0.647. The zero-order valence-electron chi connectivity index (χ0n) is 10.8. The van der Waals surface area contributed by atoms with Crippen LogP contribution in [0.2, 0.25) is 0 Å². The summed E-state index contributed by atoms with van der Waals surface area (Å²) in [5.74, 6) is -1.70. The molecule has 0 atom stereocenters. The summed E-state index contributed by atoms with van der Waals surface area (Å²) in [6.45, 7) is 0.187. The molecule has 0 saturated carbocycles. The number of amides is 2. The second-order valence-electron chi connectivity index (χ2n) is 4.63. The Morgan fingerprint density at radius 1 is 1.05 bits per heavy atom. The number of imide groups is 1. The molecule has 2 N–H and O–H groups in total. The average molecular weight is 349 g/mol. The van der Waals surface area contributed by atoms with E-state index < -0.39 is 17.6 Å². The van der Waals surface area contributed by atoms with E-state index >= 15 is 0 Å². The Kier molecular flexibility index (Phi) is 3.35. The standard InChI is InChI=1S/C15H10BrFN2O2/c16-9-2-3-10-11(6-9)15(21)19(14(10)20)13-4-1-8(7-18)5-12(13)17/h1-6H,7,18H2. The molecule has 0 fully saturated rings. The van der Waals surface area contributed by atoms with Crippen molar-refractivity contribution in [1.82, 2.24) is 0 Å². The van der Waals surface area contributed by atoms with E-state index in [0.29, 0.717) is 10.0 Å². The van der Waals surface area contributed by atoms with E-state index in [-0.39, 0.29) is 23.4 Å². The van der Waals surface area contributed by atoms with Gasteiger partial charge < -0.3 is 5.73 Å². The third-order valence-corrected chi connectivity index (χ3v) is 3.83. The van der Waals surface area contributed by atoms with Crippen LogP contribution in [0, 0.1) is 5.82 Å². The monoisotopic (exact) mass is 348 g/mol. The maximum absolute atomic E-state index is 14.1. The van der Waals surface area contributed by atoms with E-state index in [1.807, 2.05) is 0 Å². The summed E-state index contributed by atoms with van der Waals surface area (Å²) < 4.78 is 14.8. The van der Waals surface area contributed by atoms with Gasteiger partial charge in [-0.15, -0.1) is 0 Å². The molecule has 0 bridgehead atoms. The molecule has 0 aromatic heterocycles. The molecule has 2 aromatic carbocycles. The fraction of sp³-hybridized carbons (Fsp3) is 0.0667. The van der Waals surface area contributed by atoms with Gasteiger partial charge in [-0.2, -0.15) is 0 Å². The molecule has 0 spiro atoms. The number of rotatable bonds is 2. The van der Waals surface area contributed by atoms with Crippen molar-refractivity contribution in [3.05, 3.63) is 63.4 Å². The summed E-state index contributed by atoms with van der Waals surface area (Å²) in [6, 6.07) is 9.00. The number of hydrogen-bond acceptors (Lipinski definition) is 3. The molecule has 0 aliphatic carbocycles. The third-order valence-electron chi connectivity index (χ3n) is 3.34. The molecule has 0 saturated heterocycles. The van der Waals surface area contributed by atoms with Gasteiger partial charge in [0.25, 0.3) is 11.8 Å². The molecule has 0 unspecified atom stereocenters. The van der Waals surface area contributed by atoms with Crippen molar-refractivity contribution in [2.45, 2.75) is 6.54 Å². The maximum atomic E-state index is 14.1. The normalized spacial score (nSPS) is 13.8. The molecular formula is C15H10BrFN2O2. The minimum Gasteiger partial charge on any atom is -0.326 e. The first-order valence-electron chi connectivity index (χ1n) is 6.19. The van der Waals surface area contributed by atoms with Gasteiger partial charge in [0.15, 0.2) is 0 Å². The molecule has 6 heteroatoms. The summed E-state index contributed by atoms with van der Waals surface area (Å²) in [7, 11) is 0. The van der Waals surface area contributed by atoms with Crippen molar-refractivity contribution >= 4 is 33.4 Å². The van der Waals surface area contributed by atoms with Crippen molar-refractivity contribution in [2.75, 3.05) is 4.90 Å². The van der Waals surface area contributed by atoms with E-state index in [1.54, 1.807) is 24.3 Å². The van der Waals surface area contributed by atoms with Crippen molar-refractivity contribution in [3.8, 4) is 0 Å². The van der Waals surface area contributed by atoms with Crippen LogP contribution < -0.4 is 10.6 Å². The fourth-order valence-corrected chi connectivity index (χ4v) is 2.65. The summed E-state index contributed by atoms with van der Waals surface area (Å²) in [4.78, 5) is 25.5. The second-order valence-corrected chi connectivity index (χ2v) is 5.54. The van der Waals surface area contributed by atoms with E-state index in [2.05, 4.69) is 15.9 Å². The lowest BCUT2D eigenvalue weighted by Gasteiger charge is -2.15. The number of fused-ring (bicyclic) bond motifs is 1. The Morgan fingerprint density at radius 2 is 1.76 bits per heavy atom. The van der Waals surface area contributed by atoms with Crippen molar-refractivity contribution < 1.29 is 14.0 Å². The van der Waals surface area contributed by atoms with Crippen molar-refractivity contribution in [3.63, 3.8) is 0 Å². The molecule has 2 amide bonds. The number of carbonyl (C=O) groups excluding carboxylic acids is 2. The molecule has 4 nitrogen and oxygen atoms in total. The molecule has 1 heterocycles. The van der Waals surface area contributed by atoms with E-state index in [4.69, 9.17) is 5.73 Å². The highest BCUT2D eigenvalue weighted by atomic mass is 79.9. The van der Waals surface area contributed by atoms with Gasteiger partial charge in [-0.05, 0) is 35.9 Å². The van der Waals surface area contributed by atoms with Gasteiger partial charge >= 0.3 is 0 Å². The Balaban J connectivity index is 2.10. The number of nitrogens with zero attached hydrogens (tertiary/aromatic N) is 1. The zero-order valence-corrected chi connectivity index (χ0v) is 12.4. The Bertz CT molecular complexity index is 776. The van der Waals surface area contributed by atoms with Gasteiger partial charge in [-0.1, -0.05) is 22.0 Å². The van der Waals surface area contributed by atoms with E-state index in [0.717, 1.165) is 4.90 Å². The van der Waals surface area contributed by atoms with E-state index in [1.165, 1.54) is 12.1 Å². The van der Waals surface area contributed by atoms with Crippen LogP contribution in [-0.2, 0) is 6.54 Å². The van der Waals surface area contributed by atoms with Gasteiger partial charge in [0.2, 0.25) is 0 Å². The maximum Gasteiger partial charge on any atom is 0.266 e. The van der Waals surface area contributed by atoms with Gasteiger partial charge in [0.1, 0.15) is 5.82 Å². The van der Waals surface area contributed by atoms with Crippen molar-refractivity contribution in [2.24, 2.45) is 5.73 Å². The number of carbonyl (C=O) groups is 2. The third kappa shape index (κ3) is 2.16. The fourth-order valence-electron chi connectivity index (χ4n) is 2.29. The highest BCUT2D eigenvalue weighted by Crippen LogP contribution is 2.31. The Labute approximate surface area is 128 Å². The van der Waals surface area contributed by atoms with Gasteiger partial charge in [-0.25, -0.2) is 9.29 Å². The number of nitrogens with two attached hydrogens (primary N) is 1. The van der Waals surface area contributed by atoms with Crippen LogP contribution in [-0.4, -0.2) is 11.8 Å². The predicted molar refractivity (Wildman–Crippen MR) is 79.6 cm³/mol. The van der Waals surface area contributed by atoms with Gasteiger partial charge in [0, 0.05) is 11.0 Å². The highest BCUT2D eigenvalue weighted by Gasteiger charge is 2.37. The first kappa shape index (κ1) is 13.9. The lowest BCUT2D eigenvalue weighted by molar-refractivity contribution is 0.0925. The lowest BCUT2D eigenvalue weighted by Crippen LogP contribution is -2.30. The van der Waals surface area contributed by atoms with Crippen molar-refractivity contribution in [1.29, 1.82) is 0 Å². The van der Waals surface area contributed by atoms with Crippen LogP contribution in [0.25, 0.3) is 0 Å². The molecule has 1 aliphatic rings. The summed E-state index contributed by atoms with van der Waals surface area (Å²) in [5, 5.41) is 0. The number of anilines is 1. The number of halogens is 2. The first-order chi connectivity index (χ1) is 10.0.